The van der Waals surface area contributed by atoms with Gasteiger partial charge in [0.1, 0.15) is 6.04 Å². The molecule has 1 aliphatic rings. The van der Waals surface area contributed by atoms with Gasteiger partial charge in [-0.2, -0.15) is 5.10 Å². The van der Waals surface area contributed by atoms with Gasteiger partial charge in [0.2, 0.25) is 11.8 Å². The van der Waals surface area contributed by atoms with Gasteiger partial charge >= 0.3 is 0 Å². The molecule has 2 aromatic carbocycles. The van der Waals surface area contributed by atoms with Crippen LogP contribution in [0.4, 0.5) is 0 Å². The molecule has 1 saturated heterocycles. The quantitative estimate of drug-likeness (QED) is 0.463. The number of nitrogens with zero attached hydrogens (tertiary/aromatic N) is 2. The van der Waals surface area contributed by atoms with Gasteiger partial charge in [-0.25, -0.2) is 4.68 Å². The number of rotatable bonds is 4. The van der Waals surface area contributed by atoms with Gasteiger partial charge in [-0.1, -0.05) is 36.4 Å². The van der Waals surface area contributed by atoms with E-state index in [0.29, 0.717) is 18.2 Å². The first-order valence-electron chi connectivity index (χ1n) is 10.7. The van der Waals surface area contributed by atoms with E-state index >= 15 is 0 Å². The van der Waals surface area contributed by atoms with E-state index in [1.165, 1.54) is 4.68 Å². The number of hydrogen-bond acceptors (Lipinski definition) is 4. The molecule has 1 fully saturated rings. The molecule has 0 saturated carbocycles. The lowest BCUT2D eigenvalue weighted by atomic mass is 9.91. The zero-order chi connectivity index (χ0) is 22.2. The van der Waals surface area contributed by atoms with Crippen LogP contribution in [0.3, 0.4) is 0 Å². The van der Waals surface area contributed by atoms with Gasteiger partial charge < -0.3 is 15.6 Å². The predicted octanol–water partition coefficient (Wildman–Crippen LogP) is 2.57. The Bertz CT molecular complexity index is 1390. The van der Waals surface area contributed by atoms with Crippen molar-refractivity contribution >= 4 is 33.5 Å². The van der Waals surface area contributed by atoms with Crippen molar-refractivity contribution in [2.45, 2.75) is 37.9 Å². The SMILES string of the molecule is CC(C(=O)N[C@@H]1CCC(=O)N[C@H]1c1c[nH]c2ccccc12)n1ncc2ccccc2c1=O. The van der Waals surface area contributed by atoms with Gasteiger partial charge in [0.25, 0.3) is 5.56 Å². The minimum absolute atomic E-state index is 0.0498. The topological polar surface area (TPSA) is 109 Å². The number of fused-ring (bicyclic) bond motifs is 2. The lowest BCUT2D eigenvalue weighted by Crippen LogP contribution is -2.51. The summed E-state index contributed by atoms with van der Waals surface area (Å²) in [5, 5.41) is 12.5. The van der Waals surface area contributed by atoms with Crippen molar-refractivity contribution in [3.63, 3.8) is 0 Å². The van der Waals surface area contributed by atoms with Crippen molar-refractivity contribution in [2.24, 2.45) is 0 Å². The number of carbonyl (C=O) groups excluding carboxylic acids is 2. The summed E-state index contributed by atoms with van der Waals surface area (Å²) in [4.78, 5) is 41.4. The molecular formula is C24H23N5O3. The highest BCUT2D eigenvalue weighted by Gasteiger charge is 2.34. The van der Waals surface area contributed by atoms with Gasteiger partial charge in [0, 0.05) is 34.5 Å². The molecule has 8 nitrogen and oxygen atoms in total. The molecule has 4 aromatic rings. The summed E-state index contributed by atoms with van der Waals surface area (Å²) < 4.78 is 1.21. The summed E-state index contributed by atoms with van der Waals surface area (Å²) in [6, 6.07) is 13.5. The zero-order valence-corrected chi connectivity index (χ0v) is 17.5. The number of amides is 2. The molecule has 8 heteroatoms. The van der Waals surface area contributed by atoms with E-state index in [0.717, 1.165) is 21.9 Å². The van der Waals surface area contributed by atoms with E-state index in [-0.39, 0.29) is 29.5 Å². The third-order valence-electron chi connectivity index (χ3n) is 6.15. The second kappa shape index (κ2) is 7.96. The van der Waals surface area contributed by atoms with Crippen LogP contribution in [0.1, 0.15) is 37.4 Å². The van der Waals surface area contributed by atoms with Crippen molar-refractivity contribution in [1.29, 1.82) is 0 Å². The van der Waals surface area contributed by atoms with Gasteiger partial charge in [0.15, 0.2) is 0 Å². The first-order valence-corrected chi connectivity index (χ1v) is 10.7. The minimum Gasteiger partial charge on any atom is -0.361 e. The number of hydrogen-bond donors (Lipinski definition) is 3. The number of aromatic amines is 1. The largest absolute Gasteiger partial charge is 0.361 e. The number of aromatic nitrogens is 3. The molecule has 0 radical (unpaired) electrons. The van der Waals surface area contributed by atoms with Crippen LogP contribution in [0.2, 0.25) is 0 Å². The lowest BCUT2D eigenvalue weighted by molar-refractivity contribution is -0.128. The first-order chi connectivity index (χ1) is 15.5. The maximum atomic E-state index is 13.1. The molecule has 3 atom stereocenters. The fraction of sp³-hybridized carbons (Fsp3) is 0.250. The minimum atomic E-state index is -0.798. The van der Waals surface area contributed by atoms with Crippen molar-refractivity contribution in [2.75, 3.05) is 0 Å². The number of piperidine rings is 1. The van der Waals surface area contributed by atoms with E-state index in [1.54, 1.807) is 25.3 Å². The summed E-state index contributed by atoms with van der Waals surface area (Å²) in [6.07, 6.45) is 4.30. The standard InChI is InChI=1S/C24H23N5O3/c1-14(29-24(32)16-7-3-2-6-15(16)12-26-29)23(31)27-20-10-11-21(30)28-22(20)18-13-25-19-9-5-4-8-17(18)19/h2-9,12-14,20,22,25H,10-11H2,1H3,(H,27,31)(H,28,30)/t14?,20-,22+/m1/s1. The van der Waals surface area contributed by atoms with Crippen molar-refractivity contribution < 1.29 is 9.59 Å². The summed E-state index contributed by atoms with van der Waals surface area (Å²) in [5.41, 5.74) is 1.58. The van der Waals surface area contributed by atoms with Crippen LogP contribution in [-0.2, 0) is 9.59 Å². The van der Waals surface area contributed by atoms with Crippen LogP contribution in [0.5, 0.6) is 0 Å². The summed E-state index contributed by atoms with van der Waals surface area (Å²) >= 11 is 0. The van der Waals surface area contributed by atoms with Crippen molar-refractivity contribution in [3.8, 4) is 0 Å². The number of carbonyl (C=O) groups is 2. The average molecular weight is 429 g/mol. The monoisotopic (exact) mass is 429 g/mol. The van der Waals surface area contributed by atoms with Crippen LogP contribution >= 0.6 is 0 Å². The average Bonchev–Trinajstić information content (AvgIpc) is 3.24. The molecule has 1 aliphatic heterocycles. The van der Waals surface area contributed by atoms with E-state index in [9.17, 15) is 14.4 Å². The third kappa shape index (κ3) is 3.43. The Balaban J connectivity index is 1.43. The molecule has 3 heterocycles. The van der Waals surface area contributed by atoms with Crippen molar-refractivity contribution in [1.82, 2.24) is 25.4 Å². The van der Waals surface area contributed by atoms with Gasteiger partial charge in [-0.05, 0) is 25.5 Å². The van der Waals surface area contributed by atoms with Crippen LogP contribution in [-0.4, -0.2) is 32.6 Å². The van der Waals surface area contributed by atoms with Crippen LogP contribution in [0.15, 0.2) is 65.7 Å². The van der Waals surface area contributed by atoms with E-state index < -0.39 is 6.04 Å². The fourth-order valence-corrected chi connectivity index (χ4v) is 4.40. The van der Waals surface area contributed by atoms with E-state index in [2.05, 4.69) is 20.7 Å². The van der Waals surface area contributed by atoms with Crippen LogP contribution in [0, 0.1) is 0 Å². The van der Waals surface area contributed by atoms with Gasteiger partial charge in [-0.15, -0.1) is 0 Å². The molecule has 1 unspecified atom stereocenters. The molecule has 5 rings (SSSR count). The summed E-state index contributed by atoms with van der Waals surface area (Å²) in [6.45, 7) is 1.65. The Labute approximate surface area is 183 Å². The highest BCUT2D eigenvalue weighted by molar-refractivity contribution is 5.87. The molecular weight excluding hydrogens is 406 g/mol. The lowest BCUT2D eigenvalue weighted by Gasteiger charge is -2.33. The molecule has 2 amide bonds. The Morgan fingerprint density at radius 3 is 2.72 bits per heavy atom. The van der Waals surface area contributed by atoms with E-state index in [1.807, 2.05) is 42.6 Å². The normalized spacial score (nSPS) is 19.6. The summed E-state index contributed by atoms with van der Waals surface area (Å²) in [7, 11) is 0. The van der Waals surface area contributed by atoms with Crippen molar-refractivity contribution in [3.05, 3.63) is 76.8 Å². The Morgan fingerprint density at radius 1 is 1.12 bits per heavy atom. The molecule has 0 spiro atoms. The zero-order valence-electron chi connectivity index (χ0n) is 17.5. The molecule has 2 aromatic heterocycles. The Morgan fingerprint density at radius 2 is 1.88 bits per heavy atom. The highest BCUT2D eigenvalue weighted by atomic mass is 16.2. The second-order valence-electron chi connectivity index (χ2n) is 8.15. The predicted molar refractivity (Wildman–Crippen MR) is 121 cm³/mol. The van der Waals surface area contributed by atoms with E-state index in [4.69, 9.17) is 0 Å². The molecule has 0 aliphatic carbocycles. The van der Waals surface area contributed by atoms with Crippen LogP contribution in [0.25, 0.3) is 21.7 Å². The number of nitrogens with one attached hydrogen (secondary N) is 3. The number of benzene rings is 2. The molecule has 0 bridgehead atoms. The highest BCUT2D eigenvalue weighted by Crippen LogP contribution is 2.30. The first kappa shape index (κ1) is 20.0. The fourth-order valence-electron chi connectivity index (χ4n) is 4.40. The molecule has 3 N–H and O–H groups in total. The maximum absolute atomic E-state index is 13.1. The Kier molecular flexibility index (Phi) is 4.97. The second-order valence-corrected chi connectivity index (χ2v) is 8.15. The van der Waals surface area contributed by atoms with Crippen LogP contribution < -0.4 is 16.2 Å². The number of H-pyrrole nitrogens is 1. The smallest absolute Gasteiger partial charge is 0.275 e. The molecule has 162 valence electrons. The third-order valence-corrected chi connectivity index (χ3v) is 6.15. The molecule has 32 heavy (non-hydrogen) atoms. The Hall–Kier alpha value is -3.94. The van der Waals surface area contributed by atoms with Gasteiger partial charge in [-0.3, -0.25) is 14.4 Å². The maximum Gasteiger partial charge on any atom is 0.275 e. The number of para-hydroxylation sites is 1. The summed E-state index contributed by atoms with van der Waals surface area (Å²) in [5.74, 6) is -0.368. The van der Waals surface area contributed by atoms with Gasteiger partial charge in [0.05, 0.1) is 23.7 Å².